The van der Waals surface area contributed by atoms with Gasteiger partial charge in [0.1, 0.15) is 11.6 Å². The van der Waals surface area contributed by atoms with Crippen LogP contribution in [0, 0.1) is 17.2 Å². The second kappa shape index (κ2) is 5.92. The monoisotopic (exact) mass is 293 g/mol. The highest BCUT2D eigenvalue weighted by molar-refractivity contribution is 5.86. The van der Waals surface area contributed by atoms with E-state index in [1.807, 2.05) is 0 Å². The molecule has 2 rings (SSSR count). The number of nitrogens with zero attached hydrogens (tertiary/aromatic N) is 3. The Morgan fingerprint density at radius 1 is 1.24 bits per heavy atom. The summed E-state index contributed by atoms with van der Waals surface area (Å²) in [7, 11) is 0. The normalized spacial score (nSPS) is 25.8. The van der Waals surface area contributed by atoms with Gasteiger partial charge in [0, 0.05) is 19.6 Å². The molecular weight excluding hydrogens is 270 g/mol. The number of carbonyl (C=O) groups is 2. The summed E-state index contributed by atoms with van der Waals surface area (Å²) in [5.74, 6) is -0.342. The fourth-order valence-electron chi connectivity index (χ4n) is 2.83. The summed E-state index contributed by atoms with van der Waals surface area (Å²) >= 11 is 0. The summed E-state index contributed by atoms with van der Waals surface area (Å²) in [5.41, 5.74) is -0.608. The smallest absolute Gasteiger partial charge is 0.411 e. The first kappa shape index (κ1) is 15.6. The van der Waals surface area contributed by atoms with Crippen LogP contribution < -0.4 is 0 Å². The number of hydrogen-bond donors (Lipinski definition) is 0. The third kappa shape index (κ3) is 3.66. The summed E-state index contributed by atoms with van der Waals surface area (Å²) in [4.78, 5) is 28.1. The minimum atomic E-state index is -0.608. The second-order valence-electron chi connectivity index (χ2n) is 6.74. The molecule has 6 heteroatoms. The van der Waals surface area contributed by atoms with E-state index >= 15 is 0 Å². The SMILES string of the molecule is CC(C)(C)OC(=O)N1C[C@@H](C#N)C[C@H]1C(=O)N1CCCC1. The fourth-order valence-corrected chi connectivity index (χ4v) is 2.83. The quantitative estimate of drug-likeness (QED) is 0.738. The van der Waals surface area contributed by atoms with E-state index in [2.05, 4.69) is 6.07 Å². The zero-order chi connectivity index (χ0) is 15.6. The third-order valence-corrected chi connectivity index (χ3v) is 3.81. The summed E-state index contributed by atoms with van der Waals surface area (Å²) in [6.07, 6.45) is 1.92. The first-order valence-electron chi connectivity index (χ1n) is 7.50. The van der Waals surface area contributed by atoms with E-state index in [4.69, 9.17) is 10.00 Å². The number of rotatable bonds is 1. The molecule has 0 radical (unpaired) electrons. The van der Waals surface area contributed by atoms with Crippen LogP contribution in [0.1, 0.15) is 40.0 Å². The Bertz CT molecular complexity index is 458. The van der Waals surface area contributed by atoms with Gasteiger partial charge in [-0.15, -0.1) is 0 Å². The molecule has 2 aliphatic rings. The van der Waals surface area contributed by atoms with Crippen molar-refractivity contribution in [3.63, 3.8) is 0 Å². The first-order valence-corrected chi connectivity index (χ1v) is 7.50. The van der Waals surface area contributed by atoms with Gasteiger partial charge < -0.3 is 9.64 Å². The number of amides is 2. The number of hydrogen-bond acceptors (Lipinski definition) is 4. The van der Waals surface area contributed by atoms with Crippen LogP contribution >= 0.6 is 0 Å². The molecule has 2 aliphatic heterocycles. The van der Waals surface area contributed by atoms with Crippen molar-refractivity contribution in [3.05, 3.63) is 0 Å². The second-order valence-corrected chi connectivity index (χ2v) is 6.74. The van der Waals surface area contributed by atoms with Gasteiger partial charge in [0.05, 0.1) is 12.0 Å². The van der Waals surface area contributed by atoms with Crippen molar-refractivity contribution in [1.82, 2.24) is 9.80 Å². The van der Waals surface area contributed by atoms with E-state index in [9.17, 15) is 9.59 Å². The highest BCUT2D eigenvalue weighted by Gasteiger charge is 2.43. The van der Waals surface area contributed by atoms with E-state index in [1.54, 1.807) is 25.7 Å². The van der Waals surface area contributed by atoms with Crippen LogP contribution in [0.3, 0.4) is 0 Å². The summed E-state index contributed by atoms with van der Waals surface area (Å²) in [5, 5.41) is 9.11. The van der Waals surface area contributed by atoms with Crippen molar-refractivity contribution >= 4 is 12.0 Å². The van der Waals surface area contributed by atoms with Crippen LogP contribution in [0.4, 0.5) is 4.79 Å². The lowest BCUT2D eigenvalue weighted by molar-refractivity contribution is -0.134. The van der Waals surface area contributed by atoms with Crippen LogP contribution in [0.2, 0.25) is 0 Å². The highest BCUT2D eigenvalue weighted by atomic mass is 16.6. The molecule has 0 N–H and O–H groups in total. The summed E-state index contributed by atoms with van der Waals surface area (Å²) < 4.78 is 5.36. The number of likely N-dealkylation sites (tertiary alicyclic amines) is 2. The standard InChI is InChI=1S/C15H23N3O3/c1-15(2,3)21-14(20)18-10-11(9-16)8-12(18)13(19)17-6-4-5-7-17/h11-12H,4-8,10H2,1-3H3/t11-,12+/m1/s1. The van der Waals surface area contributed by atoms with Gasteiger partial charge in [-0.2, -0.15) is 5.26 Å². The number of carbonyl (C=O) groups excluding carboxylic acids is 2. The fraction of sp³-hybridized carbons (Fsp3) is 0.800. The highest BCUT2D eigenvalue weighted by Crippen LogP contribution is 2.27. The Morgan fingerprint density at radius 3 is 2.38 bits per heavy atom. The Balaban J connectivity index is 2.11. The van der Waals surface area contributed by atoms with Gasteiger partial charge in [-0.1, -0.05) is 0 Å². The average Bonchev–Trinajstić information content (AvgIpc) is 3.05. The van der Waals surface area contributed by atoms with Gasteiger partial charge in [-0.3, -0.25) is 9.69 Å². The molecule has 0 saturated carbocycles. The van der Waals surface area contributed by atoms with E-state index in [-0.39, 0.29) is 18.4 Å². The molecule has 0 unspecified atom stereocenters. The molecule has 2 saturated heterocycles. The molecule has 0 aromatic rings. The minimum absolute atomic E-state index is 0.0453. The molecule has 0 bridgehead atoms. The lowest BCUT2D eigenvalue weighted by atomic mass is 10.1. The zero-order valence-electron chi connectivity index (χ0n) is 13.0. The minimum Gasteiger partial charge on any atom is -0.444 e. The number of nitriles is 1. The van der Waals surface area contributed by atoms with Crippen LogP contribution in [0.25, 0.3) is 0 Å². The van der Waals surface area contributed by atoms with Crippen molar-refractivity contribution in [2.75, 3.05) is 19.6 Å². The maximum atomic E-state index is 12.6. The van der Waals surface area contributed by atoms with Crippen molar-refractivity contribution in [2.45, 2.75) is 51.7 Å². The Hall–Kier alpha value is -1.77. The molecule has 6 nitrogen and oxygen atoms in total. The predicted octanol–water partition coefficient (Wildman–Crippen LogP) is 1.76. The molecule has 2 amide bonds. The van der Waals surface area contributed by atoms with Crippen molar-refractivity contribution in [2.24, 2.45) is 5.92 Å². The average molecular weight is 293 g/mol. The molecule has 2 fully saturated rings. The van der Waals surface area contributed by atoms with Gasteiger partial charge in [0.25, 0.3) is 0 Å². The molecule has 116 valence electrons. The van der Waals surface area contributed by atoms with Crippen LogP contribution in [0.15, 0.2) is 0 Å². The molecule has 0 aliphatic carbocycles. The Labute approximate surface area is 125 Å². The first-order chi connectivity index (χ1) is 9.81. The van der Waals surface area contributed by atoms with Gasteiger partial charge in [0.15, 0.2) is 0 Å². The van der Waals surface area contributed by atoms with Gasteiger partial charge in [-0.05, 0) is 40.0 Å². The van der Waals surface area contributed by atoms with E-state index in [0.717, 1.165) is 25.9 Å². The van der Waals surface area contributed by atoms with E-state index in [1.165, 1.54) is 4.90 Å². The topological polar surface area (TPSA) is 73.6 Å². The van der Waals surface area contributed by atoms with Gasteiger partial charge in [0.2, 0.25) is 5.91 Å². The van der Waals surface area contributed by atoms with Crippen LogP contribution in [0.5, 0.6) is 0 Å². The third-order valence-electron chi connectivity index (χ3n) is 3.81. The largest absolute Gasteiger partial charge is 0.444 e. The lowest BCUT2D eigenvalue weighted by Crippen LogP contribution is -2.48. The molecule has 0 aromatic heterocycles. The predicted molar refractivity (Wildman–Crippen MR) is 76.3 cm³/mol. The van der Waals surface area contributed by atoms with Gasteiger partial charge in [-0.25, -0.2) is 4.79 Å². The van der Waals surface area contributed by atoms with E-state index < -0.39 is 17.7 Å². The molecule has 0 aromatic carbocycles. The van der Waals surface area contributed by atoms with E-state index in [0.29, 0.717) is 6.42 Å². The van der Waals surface area contributed by atoms with Crippen LogP contribution in [-0.2, 0) is 9.53 Å². The van der Waals surface area contributed by atoms with Crippen molar-refractivity contribution < 1.29 is 14.3 Å². The summed E-state index contributed by atoms with van der Waals surface area (Å²) in [6.45, 7) is 7.14. The zero-order valence-corrected chi connectivity index (χ0v) is 13.0. The number of ether oxygens (including phenoxy) is 1. The maximum absolute atomic E-state index is 12.6. The Kier molecular flexibility index (Phi) is 4.40. The molecule has 2 atom stereocenters. The Morgan fingerprint density at radius 2 is 1.86 bits per heavy atom. The van der Waals surface area contributed by atoms with Crippen LogP contribution in [-0.4, -0.2) is 53.1 Å². The van der Waals surface area contributed by atoms with Crippen molar-refractivity contribution in [3.8, 4) is 6.07 Å². The molecule has 0 spiro atoms. The lowest BCUT2D eigenvalue weighted by Gasteiger charge is -2.29. The summed E-state index contributed by atoms with van der Waals surface area (Å²) in [6, 6.07) is 1.61. The maximum Gasteiger partial charge on any atom is 0.411 e. The van der Waals surface area contributed by atoms with Gasteiger partial charge >= 0.3 is 6.09 Å². The molecule has 2 heterocycles. The van der Waals surface area contributed by atoms with Crippen molar-refractivity contribution in [1.29, 1.82) is 5.26 Å². The molecular formula is C15H23N3O3. The molecule has 21 heavy (non-hydrogen) atoms.